The maximum atomic E-state index is 12.6. The normalized spacial score (nSPS) is 12.0. The minimum atomic E-state index is -0.567. The van der Waals surface area contributed by atoms with Crippen LogP contribution in [-0.2, 0) is 0 Å². The molecule has 172 valence electrons. The molecule has 0 spiro atoms. The Morgan fingerprint density at radius 3 is 2.24 bits per heavy atom. The first-order chi connectivity index (χ1) is 16.6. The van der Waals surface area contributed by atoms with Crippen LogP contribution >= 0.6 is 0 Å². The van der Waals surface area contributed by atoms with Gasteiger partial charge in [0.25, 0.3) is 0 Å². The first kappa shape index (κ1) is 22.6. The van der Waals surface area contributed by atoms with Crippen molar-refractivity contribution >= 4 is 17.6 Å². The molecule has 0 unspecified atom stereocenters. The molecule has 0 radical (unpaired) electrons. The van der Waals surface area contributed by atoms with Crippen molar-refractivity contribution in [2.75, 3.05) is 28.1 Å². The molecule has 0 saturated carbocycles. The highest BCUT2D eigenvalue weighted by Crippen LogP contribution is 2.35. The summed E-state index contributed by atoms with van der Waals surface area (Å²) in [5.74, 6) is 2.17. The van der Waals surface area contributed by atoms with Gasteiger partial charge >= 0.3 is 5.97 Å². The topological polar surface area (TPSA) is 96.2 Å². The van der Waals surface area contributed by atoms with Crippen molar-refractivity contribution in [1.29, 1.82) is 5.26 Å². The van der Waals surface area contributed by atoms with Crippen molar-refractivity contribution in [3.05, 3.63) is 71.3 Å². The third-order valence-corrected chi connectivity index (χ3v) is 5.12. The fourth-order valence-electron chi connectivity index (χ4n) is 3.39. The number of hydrogen-bond donors (Lipinski definition) is 0. The maximum Gasteiger partial charge on any atom is 0.343 e. The van der Waals surface area contributed by atoms with Crippen LogP contribution in [0.15, 0.2) is 54.6 Å². The Kier molecular flexibility index (Phi) is 6.55. The predicted octanol–water partition coefficient (Wildman–Crippen LogP) is 4.72. The maximum absolute atomic E-state index is 12.6. The lowest BCUT2D eigenvalue weighted by Gasteiger charge is -2.11. The van der Waals surface area contributed by atoms with Gasteiger partial charge in [-0.3, -0.25) is 0 Å². The summed E-state index contributed by atoms with van der Waals surface area (Å²) in [5.41, 5.74) is 2.08. The number of rotatable bonds is 7. The molecule has 1 aliphatic rings. The molecule has 0 aromatic heterocycles. The van der Waals surface area contributed by atoms with Gasteiger partial charge in [0.2, 0.25) is 6.79 Å². The lowest BCUT2D eigenvalue weighted by molar-refractivity contribution is 0.0729. The Bertz CT molecular complexity index is 1310. The minimum Gasteiger partial charge on any atom is -0.493 e. The van der Waals surface area contributed by atoms with Crippen molar-refractivity contribution in [2.45, 2.75) is 0 Å². The van der Waals surface area contributed by atoms with Gasteiger partial charge in [0.1, 0.15) is 0 Å². The summed E-state index contributed by atoms with van der Waals surface area (Å²) >= 11 is 0. The molecule has 0 atom stereocenters. The fraction of sp³-hybridized carbons (Fsp3) is 0.154. The molecule has 3 aromatic rings. The predicted molar refractivity (Wildman–Crippen MR) is 124 cm³/mol. The molecule has 0 amide bonds. The molecule has 3 aromatic carbocycles. The molecule has 0 N–H and O–H groups in total. The van der Waals surface area contributed by atoms with Gasteiger partial charge in [-0.05, 0) is 65.7 Å². The Morgan fingerprint density at radius 2 is 1.50 bits per heavy atom. The molecule has 0 saturated heterocycles. The van der Waals surface area contributed by atoms with Crippen molar-refractivity contribution < 1.29 is 33.2 Å². The van der Waals surface area contributed by atoms with E-state index >= 15 is 0 Å². The van der Waals surface area contributed by atoms with Gasteiger partial charge in [0, 0.05) is 0 Å². The number of esters is 1. The van der Waals surface area contributed by atoms with E-state index in [0.717, 1.165) is 0 Å². The van der Waals surface area contributed by atoms with E-state index in [0.29, 0.717) is 51.0 Å². The highest BCUT2D eigenvalue weighted by molar-refractivity contribution is 5.93. The zero-order valence-electron chi connectivity index (χ0n) is 18.8. The summed E-state index contributed by atoms with van der Waals surface area (Å²) < 4.78 is 32.1. The molecule has 0 fully saturated rings. The van der Waals surface area contributed by atoms with Crippen molar-refractivity contribution in [2.24, 2.45) is 0 Å². The SMILES string of the molecule is COc1ccc(/C(C#N)=C\c2ccc(OC(=O)c3ccc4c(c3)OCO4)c(OC)c2)cc1OC. The number of nitriles is 1. The van der Waals surface area contributed by atoms with Gasteiger partial charge < -0.3 is 28.4 Å². The van der Waals surface area contributed by atoms with E-state index in [-0.39, 0.29) is 12.5 Å². The van der Waals surface area contributed by atoms with Crippen LogP contribution in [0.4, 0.5) is 0 Å². The molecular weight excluding hydrogens is 438 g/mol. The fourth-order valence-corrected chi connectivity index (χ4v) is 3.39. The molecule has 1 heterocycles. The Balaban J connectivity index is 1.58. The molecule has 34 heavy (non-hydrogen) atoms. The molecule has 1 aliphatic heterocycles. The van der Waals surface area contributed by atoms with Crippen LogP contribution in [0.3, 0.4) is 0 Å². The van der Waals surface area contributed by atoms with Crippen molar-refractivity contribution in [3.63, 3.8) is 0 Å². The van der Waals surface area contributed by atoms with Gasteiger partial charge in [-0.2, -0.15) is 5.26 Å². The Labute approximate surface area is 196 Å². The van der Waals surface area contributed by atoms with Crippen LogP contribution in [-0.4, -0.2) is 34.1 Å². The van der Waals surface area contributed by atoms with Gasteiger partial charge in [-0.25, -0.2) is 4.79 Å². The van der Waals surface area contributed by atoms with Gasteiger partial charge in [-0.15, -0.1) is 0 Å². The highest BCUT2D eigenvalue weighted by Gasteiger charge is 2.19. The number of carbonyl (C=O) groups is 1. The van der Waals surface area contributed by atoms with Crippen LogP contribution in [0.25, 0.3) is 11.6 Å². The third-order valence-electron chi connectivity index (χ3n) is 5.12. The Morgan fingerprint density at radius 1 is 0.824 bits per heavy atom. The number of fused-ring (bicyclic) bond motifs is 1. The number of carbonyl (C=O) groups excluding carboxylic acids is 1. The highest BCUT2D eigenvalue weighted by atomic mass is 16.7. The molecule has 0 bridgehead atoms. The Hall–Kier alpha value is -4.64. The second-order valence-electron chi connectivity index (χ2n) is 7.11. The third kappa shape index (κ3) is 4.59. The van der Waals surface area contributed by atoms with E-state index in [9.17, 15) is 10.1 Å². The van der Waals surface area contributed by atoms with E-state index in [1.165, 1.54) is 14.2 Å². The number of benzene rings is 3. The van der Waals surface area contributed by atoms with E-state index in [1.807, 2.05) is 0 Å². The van der Waals surface area contributed by atoms with Gasteiger partial charge in [0.15, 0.2) is 34.5 Å². The van der Waals surface area contributed by atoms with Crippen LogP contribution in [0.1, 0.15) is 21.5 Å². The monoisotopic (exact) mass is 459 g/mol. The second kappa shape index (κ2) is 9.88. The van der Waals surface area contributed by atoms with E-state index in [1.54, 1.807) is 67.8 Å². The smallest absolute Gasteiger partial charge is 0.343 e. The number of ether oxygens (including phenoxy) is 6. The number of nitrogens with zero attached hydrogens (tertiary/aromatic N) is 1. The number of hydrogen-bond acceptors (Lipinski definition) is 8. The van der Waals surface area contributed by atoms with E-state index in [2.05, 4.69) is 6.07 Å². The summed E-state index contributed by atoms with van der Waals surface area (Å²) in [7, 11) is 4.55. The van der Waals surface area contributed by atoms with E-state index in [4.69, 9.17) is 28.4 Å². The molecular formula is C26H21NO7. The molecule has 0 aliphatic carbocycles. The minimum absolute atomic E-state index is 0.116. The lowest BCUT2D eigenvalue weighted by Crippen LogP contribution is -2.09. The van der Waals surface area contributed by atoms with Gasteiger partial charge in [0.05, 0.1) is 38.5 Å². The largest absolute Gasteiger partial charge is 0.493 e. The zero-order valence-corrected chi connectivity index (χ0v) is 18.8. The number of allylic oxidation sites excluding steroid dienone is 1. The first-order valence-electron chi connectivity index (χ1n) is 10.2. The van der Waals surface area contributed by atoms with Crippen LogP contribution in [0.5, 0.6) is 34.5 Å². The lowest BCUT2D eigenvalue weighted by atomic mass is 10.0. The zero-order chi connectivity index (χ0) is 24.1. The summed E-state index contributed by atoms with van der Waals surface area (Å²) in [6.45, 7) is 0.116. The summed E-state index contributed by atoms with van der Waals surface area (Å²) in [4.78, 5) is 12.6. The van der Waals surface area contributed by atoms with Crippen LogP contribution in [0, 0.1) is 11.3 Å². The summed E-state index contributed by atoms with van der Waals surface area (Å²) in [5, 5.41) is 9.71. The first-order valence-corrected chi connectivity index (χ1v) is 10.2. The molecule has 8 nitrogen and oxygen atoms in total. The molecule has 8 heteroatoms. The standard InChI is InChI=1S/C26H21NO7/c1-29-20-8-5-17(12-24(20)31-3)19(14-27)10-16-4-7-22(23(11-16)30-2)34-26(28)18-6-9-21-25(13-18)33-15-32-21/h4-13H,15H2,1-3H3/b19-10-. The van der Waals surface area contributed by atoms with Crippen LogP contribution < -0.4 is 28.4 Å². The van der Waals surface area contributed by atoms with Crippen molar-refractivity contribution in [1.82, 2.24) is 0 Å². The van der Waals surface area contributed by atoms with Crippen LogP contribution in [0.2, 0.25) is 0 Å². The van der Waals surface area contributed by atoms with E-state index < -0.39 is 5.97 Å². The second-order valence-corrected chi connectivity index (χ2v) is 7.11. The van der Waals surface area contributed by atoms with Crippen molar-refractivity contribution in [3.8, 4) is 40.6 Å². The molecule has 4 rings (SSSR count). The van der Waals surface area contributed by atoms with Gasteiger partial charge in [-0.1, -0.05) is 6.07 Å². The number of methoxy groups -OCH3 is 3. The average Bonchev–Trinajstić information content (AvgIpc) is 3.35. The summed E-state index contributed by atoms with van der Waals surface area (Å²) in [6, 6.07) is 17.3. The summed E-state index contributed by atoms with van der Waals surface area (Å²) in [6.07, 6.45) is 1.70. The average molecular weight is 459 g/mol. The quantitative estimate of drug-likeness (QED) is 0.217.